The number of hydrogen-bond donors (Lipinski definition) is 0. The Morgan fingerprint density at radius 3 is 0.326 bits per heavy atom. The van der Waals surface area contributed by atoms with Crippen molar-refractivity contribution < 1.29 is 7.56 Å². The van der Waals surface area contributed by atoms with E-state index >= 15 is 0 Å². The van der Waals surface area contributed by atoms with E-state index in [1.165, 1.54) is 128 Å². The van der Waals surface area contributed by atoms with E-state index in [4.69, 9.17) is 0 Å². The predicted molar refractivity (Wildman–Crippen MR) is 204 cm³/mol. The van der Waals surface area contributed by atoms with E-state index in [1.54, 1.807) is 0 Å². The van der Waals surface area contributed by atoms with Gasteiger partial charge in [0.05, 0.1) is 0 Å². The molecule has 0 aliphatic heterocycles. The van der Waals surface area contributed by atoms with Crippen LogP contribution in [0.1, 0.15) is 215 Å². The van der Waals surface area contributed by atoms with Crippen LogP contribution in [-0.4, -0.2) is 0 Å². The van der Waals surface area contributed by atoms with Crippen LogP contribution in [0.5, 0.6) is 0 Å². The molecular formula is C42H93F. The van der Waals surface area contributed by atoms with Crippen LogP contribution in [0.25, 0.3) is 0 Å². The van der Waals surface area contributed by atoms with E-state index in [-0.39, 0.29) is 22.4 Å². The summed E-state index contributed by atoms with van der Waals surface area (Å²) in [5.74, 6) is 10.2. The minimum absolute atomic E-state index is 0. The summed E-state index contributed by atoms with van der Waals surface area (Å²) >= 11 is 0. The highest BCUT2D eigenvalue weighted by atomic mass is 19.0. The minimum atomic E-state index is 0. The molecule has 0 spiro atoms. The third-order valence-electron chi connectivity index (χ3n) is 11.5. The molecule has 0 saturated heterocycles. The maximum Gasteiger partial charge on any atom is 0 e. The molecule has 0 atom stereocenters. The zero-order valence-corrected chi connectivity index (χ0v) is 30.3. The first-order valence-electron chi connectivity index (χ1n) is 18.9. The Morgan fingerprint density at radius 2 is 0.279 bits per heavy atom. The lowest BCUT2D eigenvalue weighted by Crippen LogP contribution is -2.08. The Morgan fingerprint density at radius 1 is 0.233 bits per heavy atom. The second kappa shape index (κ2) is 28.2. The van der Waals surface area contributed by atoms with Gasteiger partial charge in [-0.25, -0.2) is 0 Å². The van der Waals surface area contributed by atoms with Gasteiger partial charge < -0.3 is 0 Å². The molecule has 0 amide bonds. The largest absolute Gasteiger partial charge is 0.269 e. The fourth-order valence-electron chi connectivity index (χ4n) is 7.13. The maximum atomic E-state index is 2.37. The molecular weight excluding hydrogens is 523 g/mol. The normalized spacial score (nSPS) is 37.0. The molecule has 0 heterocycles. The van der Waals surface area contributed by atoms with Crippen molar-refractivity contribution in [2.45, 2.75) is 213 Å². The van der Waals surface area contributed by atoms with Gasteiger partial charge in [0.25, 0.3) is 0 Å². The smallest absolute Gasteiger partial charge is 0 e. The first-order valence-corrected chi connectivity index (χ1v) is 18.9. The van der Waals surface area contributed by atoms with Crippen LogP contribution >= 0.6 is 0 Å². The van der Waals surface area contributed by atoms with Gasteiger partial charge in [-0.2, -0.15) is 0 Å². The van der Waals surface area contributed by atoms with Crippen molar-refractivity contribution in [1.82, 2.24) is 0 Å². The van der Waals surface area contributed by atoms with Crippen molar-refractivity contribution in [2.75, 3.05) is 0 Å². The molecule has 5 saturated carbocycles. The van der Waals surface area contributed by atoms with E-state index in [9.17, 15) is 0 Å². The monoisotopic (exact) mass is 618 g/mol. The van der Waals surface area contributed by atoms with Crippen molar-refractivity contribution >= 4 is 0 Å². The van der Waals surface area contributed by atoms with Crippen molar-refractivity contribution in [3.8, 4) is 0 Å². The lowest BCUT2D eigenvalue weighted by atomic mass is 9.84. The molecule has 5 rings (SSSR count). The summed E-state index contributed by atoms with van der Waals surface area (Å²) in [6.07, 6.45) is 29.5. The summed E-state index contributed by atoms with van der Waals surface area (Å²) in [7, 11) is 0. The second-order valence-corrected chi connectivity index (χ2v) is 16.8. The van der Waals surface area contributed by atoms with E-state index in [0.717, 1.165) is 59.2 Å². The highest BCUT2D eigenvalue weighted by Crippen LogP contribution is 2.30. The van der Waals surface area contributed by atoms with Crippen LogP contribution in [0.2, 0.25) is 0 Å². The summed E-state index contributed by atoms with van der Waals surface area (Å²) in [5, 5.41) is 0. The predicted octanol–water partition coefficient (Wildman–Crippen LogP) is 16.1. The van der Waals surface area contributed by atoms with Crippen molar-refractivity contribution in [3.05, 3.63) is 0 Å². The molecule has 0 aromatic rings. The molecule has 0 aromatic heterocycles. The zero-order chi connectivity index (χ0) is 29.9. The van der Waals surface area contributed by atoms with Crippen molar-refractivity contribution in [1.29, 1.82) is 0 Å². The van der Waals surface area contributed by atoms with Crippen molar-refractivity contribution in [2.24, 2.45) is 59.2 Å². The summed E-state index contributed by atoms with van der Waals surface area (Å²) in [6.45, 7) is 23.7. The first-order chi connectivity index (χ1) is 18.9. The van der Waals surface area contributed by atoms with Crippen LogP contribution < -0.4 is 0 Å². The van der Waals surface area contributed by atoms with Gasteiger partial charge in [0.2, 0.25) is 0 Å². The Bertz CT molecular complexity index is 377. The molecule has 5 fully saturated rings. The molecule has 0 unspecified atom stereocenters. The third kappa shape index (κ3) is 26.8. The lowest BCUT2D eigenvalue weighted by Gasteiger charge is -2.22. The summed E-state index contributed by atoms with van der Waals surface area (Å²) in [4.78, 5) is 0. The fraction of sp³-hybridized carbons (Fsp3) is 1.00. The van der Waals surface area contributed by atoms with E-state index in [2.05, 4.69) is 69.2 Å². The van der Waals surface area contributed by atoms with E-state index in [1.807, 2.05) is 0 Å². The lowest BCUT2D eigenvalue weighted by molar-refractivity contribution is 0.308. The molecule has 0 N–H and O–H groups in total. The third-order valence-corrected chi connectivity index (χ3v) is 11.5. The molecule has 43 heavy (non-hydrogen) atoms. The van der Waals surface area contributed by atoms with Crippen LogP contribution in [-0.2, 0) is 0 Å². The minimum Gasteiger partial charge on any atom is -0.269 e. The molecule has 0 aromatic carbocycles. The number of hydrogen-bond acceptors (Lipinski definition) is 0. The SMILES string of the molecule is C.C.CC1CCC(C)CC1.CC1CCC(C)CC1.CC1CCC(C)CC1.CC1CCC(C)CC1.CC1CCC(C)CC1.F.[2HH].[HH]. The molecule has 0 nitrogen and oxygen atoms in total. The van der Waals surface area contributed by atoms with E-state index in [0.29, 0.717) is 0 Å². The molecule has 1 heteroatoms. The molecule has 5 aliphatic carbocycles. The van der Waals surface area contributed by atoms with Crippen LogP contribution in [0.4, 0.5) is 4.70 Å². The van der Waals surface area contributed by atoms with Gasteiger partial charge in [0.1, 0.15) is 0 Å². The van der Waals surface area contributed by atoms with Crippen LogP contribution in [0, 0.1) is 59.2 Å². The highest BCUT2D eigenvalue weighted by Gasteiger charge is 2.16. The maximum absolute atomic E-state index is 2.37. The second-order valence-electron chi connectivity index (χ2n) is 16.8. The van der Waals surface area contributed by atoms with Gasteiger partial charge in [0, 0.05) is 2.85 Å². The van der Waals surface area contributed by atoms with Gasteiger partial charge in [-0.15, -0.1) is 0 Å². The summed E-state index contributed by atoms with van der Waals surface area (Å²) < 4.78 is 0. The van der Waals surface area contributed by atoms with Gasteiger partial charge >= 0.3 is 0 Å². The van der Waals surface area contributed by atoms with Gasteiger partial charge in [-0.1, -0.05) is 213 Å². The summed E-state index contributed by atoms with van der Waals surface area (Å²) in [6, 6.07) is 0. The quantitative estimate of drug-likeness (QED) is 0.254. The Kier molecular flexibility index (Phi) is 31.0. The standard InChI is InChI=1S/5C8H16.2CH4.FH.2H2/c5*1-7-3-5-8(2)6-4-7;;;;;/h5*7-8H,3-6H2,1-2H3;2*1H4;3*1H/i;;;;;;;;1+1;. The molecule has 268 valence electrons. The average Bonchev–Trinajstić information content (AvgIpc) is 2.94. The average molecular weight is 618 g/mol. The zero-order valence-electron chi connectivity index (χ0n) is 30.3. The van der Waals surface area contributed by atoms with Crippen LogP contribution in [0.15, 0.2) is 0 Å². The molecule has 0 radical (unpaired) electrons. The topological polar surface area (TPSA) is 0 Å². The number of halogens is 1. The fourth-order valence-corrected chi connectivity index (χ4v) is 7.13. The summed E-state index contributed by atoms with van der Waals surface area (Å²) in [5.41, 5.74) is 0. The van der Waals surface area contributed by atoms with E-state index < -0.39 is 0 Å². The van der Waals surface area contributed by atoms with Gasteiger partial charge in [-0.05, 0) is 59.2 Å². The Balaban J connectivity index is -0.000000144. The Hall–Kier alpha value is -0.0700. The molecule has 5 aliphatic rings. The van der Waals surface area contributed by atoms with Crippen molar-refractivity contribution in [3.63, 3.8) is 0 Å². The Labute approximate surface area is 278 Å². The number of rotatable bonds is 0. The van der Waals surface area contributed by atoms with Crippen LogP contribution in [0.3, 0.4) is 0 Å². The first kappa shape index (κ1) is 47.3. The van der Waals surface area contributed by atoms with Gasteiger partial charge in [0.15, 0.2) is 0 Å². The molecule has 0 bridgehead atoms. The highest BCUT2D eigenvalue weighted by molar-refractivity contribution is 4.68. The van der Waals surface area contributed by atoms with Gasteiger partial charge in [-0.3, -0.25) is 4.70 Å².